The molecule has 6 rings (SSSR count). The molecular weight excluding hydrogens is 480 g/mol. The Kier molecular flexibility index (Phi) is 7.34. The molecule has 1 heterocycles. The number of anilines is 2. The van der Waals surface area contributed by atoms with Gasteiger partial charge in [-0.2, -0.15) is 0 Å². The number of aliphatic hydroxyl groups is 2. The molecular formula is C31H44N2O3S. The molecule has 202 valence electrons. The van der Waals surface area contributed by atoms with Gasteiger partial charge < -0.3 is 15.3 Å². The van der Waals surface area contributed by atoms with Crippen molar-refractivity contribution in [1.82, 2.24) is 0 Å². The van der Waals surface area contributed by atoms with Crippen LogP contribution in [0.5, 0.6) is 0 Å². The van der Waals surface area contributed by atoms with E-state index in [1.165, 1.54) is 24.0 Å². The van der Waals surface area contributed by atoms with Crippen molar-refractivity contribution in [3.8, 4) is 0 Å². The van der Waals surface area contributed by atoms with E-state index in [1.807, 2.05) is 0 Å². The molecule has 4 N–H and O–H groups in total. The number of rotatable bonds is 3. The third-order valence-corrected chi connectivity index (χ3v) is 11.3. The van der Waals surface area contributed by atoms with Gasteiger partial charge in [-0.1, -0.05) is 61.5 Å². The summed E-state index contributed by atoms with van der Waals surface area (Å²) in [4.78, 5) is 3.57. The lowest BCUT2D eigenvalue weighted by Gasteiger charge is -2.59. The van der Waals surface area contributed by atoms with Crippen LogP contribution in [0.15, 0.2) is 41.3 Å². The quantitative estimate of drug-likeness (QED) is 0.463. The lowest BCUT2D eigenvalue weighted by Crippen LogP contribution is -2.54. The molecule has 2 aromatic rings. The second-order valence-corrected chi connectivity index (χ2v) is 13.2. The minimum Gasteiger partial charge on any atom is -0.855 e. The third kappa shape index (κ3) is 4.48. The van der Waals surface area contributed by atoms with Gasteiger partial charge in [0.2, 0.25) is 0 Å². The first-order valence-corrected chi connectivity index (χ1v) is 15.1. The lowest BCUT2D eigenvalue weighted by molar-refractivity contribution is -0.394. The van der Waals surface area contributed by atoms with Crippen molar-refractivity contribution in [2.24, 2.45) is 28.6 Å². The van der Waals surface area contributed by atoms with Crippen molar-refractivity contribution >= 4 is 22.2 Å². The molecule has 37 heavy (non-hydrogen) atoms. The number of H-pyrrole nitrogens is 1. The molecule has 3 fully saturated rings. The van der Waals surface area contributed by atoms with E-state index in [4.69, 9.17) is 5.11 Å². The highest BCUT2D eigenvalue weighted by Crippen LogP contribution is 2.69. The SMILES string of the molecule is CC[O-].Cc1ccc(Nc2[nH+]c([C@@]3(O)CC[C@H]4[C@@H]5CCC6=C[C@@H](O)CC[C@]6(C)[C@H]5CC[C@@]43C)cs2)cc1. The summed E-state index contributed by atoms with van der Waals surface area (Å²) >= 11 is 1.65. The lowest BCUT2D eigenvalue weighted by atomic mass is 9.46. The van der Waals surface area contributed by atoms with Crippen LogP contribution >= 0.6 is 11.3 Å². The van der Waals surface area contributed by atoms with Crippen LogP contribution in [0.4, 0.5) is 10.8 Å². The van der Waals surface area contributed by atoms with Crippen LogP contribution in [-0.4, -0.2) is 22.9 Å². The van der Waals surface area contributed by atoms with Gasteiger partial charge in [-0.3, -0.25) is 0 Å². The highest BCUT2D eigenvalue weighted by molar-refractivity contribution is 7.13. The number of thiazole rings is 1. The predicted octanol–water partition coefficient (Wildman–Crippen LogP) is 5.49. The van der Waals surface area contributed by atoms with Gasteiger partial charge in [-0.25, -0.2) is 10.3 Å². The Labute approximate surface area is 226 Å². The number of aryl methyl sites for hydroxylation is 1. The molecule has 0 radical (unpaired) electrons. The maximum atomic E-state index is 12.3. The smallest absolute Gasteiger partial charge is 0.336 e. The molecule has 0 spiro atoms. The number of fused-ring (bicyclic) bond motifs is 5. The van der Waals surface area contributed by atoms with Crippen molar-refractivity contribution in [1.29, 1.82) is 0 Å². The first-order valence-electron chi connectivity index (χ1n) is 14.2. The fourth-order valence-corrected chi connectivity index (χ4v) is 9.33. The van der Waals surface area contributed by atoms with Gasteiger partial charge in [0, 0.05) is 10.8 Å². The van der Waals surface area contributed by atoms with E-state index in [9.17, 15) is 10.2 Å². The van der Waals surface area contributed by atoms with Gasteiger partial charge >= 0.3 is 5.13 Å². The number of benzene rings is 1. The summed E-state index contributed by atoms with van der Waals surface area (Å²) in [5.41, 5.74) is 4.16. The van der Waals surface area contributed by atoms with E-state index < -0.39 is 5.60 Å². The Morgan fingerprint density at radius 1 is 1.05 bits per heavy atom. The van der Waals surface area contributed by atoms with E-state index in [2.05, 4.69) is 66.8 Å². The van der Waals surface area contributed by atoms with Crippen LogP contribution in [0.1, 0.15) is 83.4 Å². The molecule has 0 unspecified atom stereocenters. The van der Waals surface area contributed by atoms with E-state index in [-0.39, 0.29) is 23.5 Å². The molecule has 1 aromatic heterocycles. The average molecular weight is 525 g/mol. The second kappa shape index (κ2) is 10.1. The maximum Gasteiger partial charge on any atom is 0.336 e. The summed E-state index contributed by atoms with van der Waals surface area (Å²) in [6.45, 7) is 8.51. The summed E-state index contributed by atoms with van der Waals surface area (Å²) in [5.74, 6) is 1.92. The van der Waals surface area contributed by atoms with Crippen LogP contribution in [0.2, 0.25) is 0 Å². The van der Waals surface area contributed by atoms with Crippen LogP contribution in [0, 0.1) is 35.5 Å². The molecule has 6 heteroatoms. The summed E-state index contributed by atoms with van der Waals surface area (Å²) in [7, 11) is 0. The number of hydrogen-bond donors (Lipinski definition) is 3. The van der Waals surface area contributed by atoms with Gasteiger partial charge in [-0.05, 0) is 93.6 Å². The minimum absolute atomic E-state index is 0. The molecule has 3 saturated carbocycles. The van der Waals surface area contributed by atoms with Crippen LogP contribution in [-0.2, 0) is 5.60 Å². The van der Waals surface area contributed by atoms with E-state index in [0.717, 1.165) is 55.0 Å². The topological polar surface area (TPSA) is 89.7 Å². The number of aliphatic hydroxyl groups excluding tert-OH is 1. The van der Waals surface area contributed by atoms with Gasteiger partial charge in [-0.15, -0.1) is 6.61 Å². The zero-order valence-electron chi connectivity index (χ0n) is 22.8. The monoisotopic (exact) mass is 524 g/mol. The highest BCUT2D eigenvalue weighted by Gasteiger charge is 2.65. The standard InChI is InChI=1S/C29H38N2O2S.C2H5O/c1-18-4-7-20(8-5-18)30-26-31-25(17-34-26)29(33)15-12-24-22-9-6-19-16-21(32)10-13-27(19,2)23(22)11-14-28(24,29)3;1-2-3/h4-5,7-8,16-17,21-24,32-33H,6,9-15H2,1-3H3,(H,30,31);2H2,1H3/q;-1/p+1/t21-,22+,23-,24-,27-,28-,29-;/m0./s1. The van der Waals surface area contributed by atoms with Gasteiger partial charge in [0.15, 0.2) is 0 Å². The zero-order chi connectivity index (χ0) is 26.4. The van der Waals surface area contributed by atoms with Gasteiger partial charge in [0.1, 0.15) is 17.0 Å². The first kappa shape index (κ1) is 26.9. The van der Waals surface area contributed by atoms with Crippen LogP contribution < -0.4 is 15.4 Å². The predicted molar refractivity (Wildman–Crippen MR) is 147 cm³/mol. The molecule has 4 aliphatic carbocycles. The van der Waals surface area contributed by atoms with Crippen LogP contribution in [0.3, 0.4) is 0 Å². The second-order valence-electron chi connectivity index (χ2n) is 12.4. The minimum atomic E-state index is -0.799. The molecule has 1 aromatic carbocycles. The summed E-state index contributed by atoms with van der Waals surface area (Å²) in [5, 5.41) is 38.0. The number of allylic oxidation sites excluding steroid dienone is 1. The molecule has 0 aliphatic heterocycles. The molecule has 7 atom stereocenters. The first-order chi connectivity index (χ1) is 17.6. The summed E-state index contributed by atoms with van der Waals surface area (Å²) in [6.07, 6.45) is 10.5. The molecule has 0 bridgehead atoms. The van der Waals surface area contributed by atoms with E-state index in [0.29, 0.717) is 17.8 Å². The van der Waals surface area contributed by atoms with E-state index in [1.54, 1.807) is 18.3 Å². The Balaban J connectivity index is 0.000000892. The largest absolute Gasteiger partial charge is 0.855 e. The van der Waals surface area contributed by atoms with Crippen molar-refractivity contribution < 1.29 is 20.3 Å². The zero-order valence-corrected chi connectivity index (χ0v) is 23.7. The molecule has 5 nitrogen and oxygen atoms in total. The fraction of sp³-hybridized carbons (Fsp3) is 0.645. The number of aromatic nitrogens is 1. The number of hydrogen-bond acceptors (Lipinski definition) is 5. The normalized spacial score (nSPS) is 38.4. The van der Waals surface area contributed by atoms with E-state index >= 15 is 0 Å². The van der Waals surface area contributed by atoms with Gasteiger partial charge in [0.25, 0.3) is 0 Å². The Morgan fingerprint density at radius 2 is 1.76 bits per heavy atom. The molecule has 0 saturated heterocycles. The highest BCUT2D eigenvalue weighted by atomic mass is 32.1. The fourth-order valence-electron chi connectivity index (χ4n) is 8.50. The number of aromatic amines is 1. The Hall–Kier alpha value is -1.73. The van der Waals surface area contributed by atoms with Crippen molar-refractivity contribution in [2.45, 2.75) is 90.8 Å². The summed E-state index contributed by atoms with van der Waals surface area (Å²) in [6, 6.07) is 8.43. The van der Waals surface area contributed by atoms with Gasteiger partial charge in [0.05, 0.1) is 6.10 Å². The van der Waals surface area contributed by atoms with Crippen LogP contribution in [0.25, 0.3) is 0 Å². The van der Waals surface area contributed by atoms with Crippen molar-refractivity contribution in [3.05, 3.63) is 52.6 Å². The maximum absolute atomic E-state index is 12.3. The average Bonchev–Trinajstić information content (AvgIpc) is 3.45. The Morgan fingerprint density at radius 3 is 2.49 bits per heavy atom. The summed E-state index contributed by atoms with van der Waals surface area (Å²) < 4.78 is 0. The number of nitrogens with one attached hydrogen (secondary N) is 2. The molecule has 4 aliphatic rings. The molecule has 0 amide bonds. The third-order valence-electron chi connectivity index (χ3n) is 10.5. The van der Waals surface area contributed by atoms with Crippen molar-refractivity contribution in [2.75, 3.05) is 11.9 Å². The Bertz CT molecular complexity index is 1130. The van der Waals surface area contributed by atoms with Crippen molar-refractivity contribution in [3.63, 3.8) is 0 Å².